The Morgan fingerprint density at radius 2 is 1.55 bits per heavy atom. The Morgan fingerprint density at radius 3 is 2.27 bits per heavy atom. The predicted molar refractivity (Wildman–Crippen MR) is 84.5 cm³/mol. The first-order valence-electron chi connectivity index (χ1n) is 6.49. The third-order valence-corrected chi connectivity index (χ3v) is 4.80. The van der Waals surface area contributed by atoms with E-state index in [1.165, 1.54) is 0 Å². The van der Waals surface area contributed by atoms with Gasteiger partial charge >= 0.3 is 0 Å². The second kappa shape index (κ2) is 4.63. The van der Waals surface area contributed by atoms with Crippen molar-refractivity contribution in [3.8, 4) is 11.5 Å². The molecule has 4 rings (SSSR count). The standard InChI is InChI=1S/C16H9ClO4S/c17-22(18,19)16-11-6-2-4-8-13(11)21-15(16)14-9-10-5-1-3-7-12(10)20-14/h1-9H. The summed E-state index contributed by atoms with van der Waals surface area (Å²) in [6.45, 7) is 0. The molecule has 0 aliphatic heterocycles. The van der Waals surface area contributed by atoms with Gasteiger partial charge in [0.05, 0.1) is 0 Å². The number of hydrogen-bond donors (Lipinski definition) is 0. The van der Waals surface area contributed by atoms with Crippen LogP contribution in [0.25, 0.3) is 33.5 Å². The van der Waals surface area contributed by atoms with Gasteiger partial charge in [0.25, 0.3) is 9.05 Å². The van der Waals surface area contributed by atoms with E-state index in [1.54, 1.807) is 36.4 Å². The van der Waals surface area contributed by atoms with Crippen molar-refractivity contribution < 1.29 is 17.3 Å². The second-order valence-electron chi connectivity index (χ2n) is 4.84. The highest BCUT2D eigenvalue weighted by Gasteiger charge is 2.27. The van der Waals surface area contributed by atoms with Crippen LogP contribution < -0.4 is 0 Å². The quantitative estimate of drug-likeness (QED) is 0.496. The van der Waals surface area contributed by atoms with Gasteiger partial charge < -0.3 is 8.83 Å². The second-order valence-corrected chi connectivity index (χ2v) is 7.35. The monoisotopic (exact) mass is 332 g/mol. The Labute approximate surface area is 130 Å². The smallest absolute Gasteiger partial charge is 0.265 e. The highest BCUT2D eigenvalue weighted by molar-refractivity contribution is 8.14. The normalized spacial score (nSPS) is 12.2. The summed E-state index contributed by atoms with van der Waals surface area (Å²) >= 11 is 0. The molecular formula is C16H9ClO4S. The number of furan rings is 2. The number of fused-ring (bicyclic) bond motifs is 2. The summed E-state index contributed by atoms with van der Waals surface area (Å²) in [5.41, 5.74) is 1.09. The van der Waals surface area contributed by atoms with Gasteiger partial charge in [-0.1, -0.05) is 30.3 Å². The molecule has 0 amide bonds. The van der Waals surface area contributed by atoms with Crippen LogP contribution in [-0.4, -0.2) is 8.42 Å². The van der Waals surface area contributed by atoms with E-state index in [4.69, 9.17) is 19.5 Å². The fraction of sp³-hybridized carbons (Fsp3) is 0. The molecule has 2 aromatic carbocycles. The molecule has 0 fully saturated rings. The fourth-order valence-corrected chi connectivity index (χ4v) is 3.77. The molecule has 0 aliphatic carbocycles. The van der Waals surface area contributed by atoms with Crippen molar-refractivity contribution >= 4 is 41.7 Å². The molecule has 0 saturated heterocycles. The molecule has 22 heavy (non-hydrogen) atoms. The Hall–Kier alpha value is -2.24. The average Bonchev–Trinajstić information content (AvgIpc) is 3.07. The third kappa shape index (κ3) is 2.01. The van der Waals surface area contributed by atoms with Crippen LogP contribution in [0.15, 0.2) is 68.3 Å². The minimum absolute atomic E-state index is 0.0659. The lowest BCUT2D eigenvalue weighted by molar-refractivity contribution is 0.559. The van der Waals surface area contributed by atoms with E-state index >= 15 is 0 Å². The molecule has 0 N–H and O–H groups in total. The third-order valence-electron chi connectivity index (χ3n) is 3.44. The van der Waals surface area contributed by atoms with Crippen LogP contribution in [0.4, 0.5) is 0 Å². The summed E-state index contributed by atoms with van der Waals surface area (Å²) in [5, 5.41) is 1.30. The van der Waals surface area contributed by atoms with Gasteiger partial charge in [0.2, 0.25) is 0 Å². The summed E-state index contributed by atoms with van der Waals surface area (Å²) in [5.74, 6) is 0.448. The molecule has 0 unspecified atom stereocenters. The topological polar surface area (TPSA) is 60.4 Å². The van der Waals surface area contributed by atoms with Crippen molar-refractivity contribution in [2.45, 2.75) is 4.90 Å². The summed E-state index contributed by atoms with van der Waals surface area (Å²) in [6.07, 6.45) is 0. The molecule has 4 nitrogen and oxygen atoms in total. The molecule has 0 radical (unpaired) electrons. The lowest BCUT2D eigenvalue weighted by Crippen LogP contribution is -1.91. The van der Waals surface area contributed by atoms with Crippen LogP contribution >= 0.6 is 10.7 Å². The Morgan fingerprint density at radius 1 is 0.864 bits per heavy atom. The Kier molecular flexibility index (Phi) is 2.82. The van der Waals surface area contributed by atoms with Crippen molar-refractivity contribution in [2.24, 2.45) is 0 Å². The first kappa shape index (κ1) is 13.4. The number of rotatable bonds is 2. The minimum atomic E-state index is -3.98. The van der Waals surface area contributed by atoms with E-state index in [0.717, 1.165) is 5.39 Å². The van der Waals surface area contributed by atoms with Crippen LogP contribution in [-0.2, 0) is 9.05 Å². The van der Waals surface area contributed by atoms with Gasteiger partial charge in [-0.3, -0.25) is 0 Å². The number of para-hydroxylation sites is 2. The van der Waals surface area contributed by atoms with E-state index in [-0.39, 0.29) is 10.7 Å². The zero-order valence-electron chi connectivity index (χ0n) is 11.1. The number of benzene rings is 2. The maximum atomic E-state index is 12.0. The van der Waals surface area contributed by atoms with Gasteiger partial charge in [-0.15, -0.1) is 0 Å². The van der Waals surface area contributed by atoms with E-state index in [0.29, 0.717) is 22.3 Å². The van der Waals surface area contributed by atoms with Crippen molar-refractivity contribution in [1.29, 1.82) is 0 Å². The van der Waals surface area contributed by atoms with Crippen LogP contribution in [0.3, 0.4) is 0 Å². The molecule has 2 heterocycles. The molecule has 0 atom stereocenters. The van der Waals surface area contributed by atoms with Crippen LogP contribution in [0.1, 0.15) is 0 Å². The molecule has 4 aromatic rings. The zero-order chi connectivity index (χ0) is 15.3. The van der Waals surface area contributed by atoms with E-state index in [1.807, 2.05) is 18.2 Å². The zero-order valence-corrected chi connectivity index (χ0v) is 12.7. The van der Waals surface area contributed by atoms with Gasteiger partial charge in [-0.25, -0.2) is 8.42 Å². The van der Waals surface area contributed by atoms with Gasteiger partial charge in [-0.2, -0.15) is 0 Å². The summed E-state index contributed by atoms with van der Waals surface area (Å²) in [7, 11) is 1.62. The first-order valence-corrected chi connectivity index (χ1v) is 8.80. The molecule has 0 saturated carbocycles. The molecule has 0 spiro atoms. The highest BCUT2D eigenvalue weighted by Crippen LogP contribution is 2.40. The molecule has 110 valence electrons. The van der Waals surface area contributed by atoms with Crippen LogP contribution in [0.2, 0.25) is 0 Å². The summed E-state index contributed by atoms with van der Waals surface area (Å²) in [6, 6.07) is 16.0. The van der Waals surface area contributed by atoms with Crippen molar-refractivity contribution in [1.82, 2.24) is 0 Å². The SMILES string of the molecule is O=S(=O)(Cl)c1c(-c2cc3ccccc3o2)oc2ccccc12. The van der Waals surface area contributed by atoms with Crippen molar-refractivity contribution in [3.05, 3.63) is 54.6 Å². The maximum absolute atomic E-state index is 12.0. The van der Waals surface area contributed by atoms with Crippen LogP contribution in [0, 0.1) is 0 Å². The molecule has 6 heteroatoms. The van der Waals surface area contributed by atoms with Crippen molar-refractivity contribution in [2.75, 3.05) is 0 Å². The molecule has 0 bridgehead atoms. The maximum Gasteiger partial charge on any atom is 0.265 e. The lowest BCUT2D eigenvalue weighted by Gasteiger charge is -1.95. The fourth-order valence-electron chi connectivity index (χ4n) is 2.52. The Bertz CT molecular complexity index is 1070. The van der Waals surface area contributed by atoms with Gasteiger partial charge in [0.1, 0.15) is 16.1 Å². The average molecular weight is 333 g/mol. The predicted octanol–water partition coefficient (Wildman–Crippen LogP) is 4.77. The van der Waals surface area contributed by atoms with Crippen molar-refractivity contribution in [3.63, 3.8) is 0 Å². The van der Waals surface area contributed by atoms with Gasteiger partial charge in [0, 0.05) is 21.5 Å². The first-order chi connectivity index (χ1) is 10.5. The van der Waals surface area contributed by atoms with E-state index in [2.05, 4.69) is 0 Å². The molecular weight excluding hydrogens is 324 g/mol. The van der Waals surface area contributed by atoms with E-state index < -0.39 is 9.05 Å². The van der Waals surface area contributed by atoms with Gasteiger partial charge in [-0.05, 0) is 24.3 Å². The molecule has 2 aromatic heterocycles. The lowest BCUT2D eigenvalue weighted by atomic mass is 10.2. The minimum Gasteiger partial charge on any atom is -0.453 e. The van der Waals surface area contributed by atoms with E-state index in [9.17, 15) is 8.42 Å². The van der Waals surface area contributed by atoms with Crippen LogP contribution in [0.5, 0.6) is 0 Å². The number of hydrogen-bond acceptors (Lipinski definition) is 4. The number of halogens is 1. The van der Waals surface area contributed by atoms with Gasteiger partial charge in [0.15, 0.2) is 11.5 Å². The summed E-state index contributed by atoms with van der Waals surface area (Å²) < 4.78 is 35.3. The largest absolute Gasteiger partial charge is 0.453 e. The highest BCUT2D eigenvalue weighted by atomic mass is 35.7. The summed E-state index contributed by atoms with van der Waals surface area (Å²) in [4.78, 5) is -0.0659. The Balaban J connectivity index is 2.10. The molecule has 0 aliphatic rings.